The summed E-state index contributed by atoms with van der Waals surface area (Å²) in [5.41, 5.74) is 0.998. The number of aromatic nitrogens is 2. The average molecular weight is 311 g/mol. The second-order valence-electron chi connectivity index (χ2n) is 3.71. The van der Waals surface area contributed by atoms with E-state index in [-0.39, 0.29) is 10.3 Å². The predicted molar refractivity (Wildman–Crippen MR) is 71.3 cm³/mol. The third kappa shape index (κ3) is 2.51. The maximum Gasteiger partial charge on any atom is 0.345 e. The molecule has 1 aromatic carbocycles. The van der Waals surface area contributed by atoms with Crippen molar-refractivity contribution in [3.05, 3.63) is 50.6 Å². The average Bonchev–Trinajstić information content (AvgIpc) is 2.62. The second-order valence-corrected chi connectivity index (χ2v) is 4.46. The Hall–Kier alpha value is -1.89. The van der Waals surface area contributed by atoms with E-state index >= 15 is 0 Å². The molecule has 0 saturated carbocycles. The Labute approximate surface area is 112 Å². The topological polar surface area (TPSA) is 73.0 Å². The van der Waals surface area contributed by atoms with E-state index in [1.165, 1.54) is 4.68 Å². The van der Waals surface area contributed by atoms with E-state index in [9.17, 15) is 10.1 Å². The van der Waals surface area contributed by atoms with Gasteiger partial charge in [-0.2, -0.15) is 5.10 Å². The van der Waals surface area contributed by atoms with E-state index in [0.717, 1.165) is 5.56 Å². The summed E-state index contributed by atoms with van der Waals surface area (Å²) < 4.78 is 1.68. The van der Waals surface area contributed by atoms with Crippen molar-refractivity contribution in [2.75, 3.05) is 5.32 Å². The smallest absolute Gasteiger partial charge is 0.345 e. The molecule has 1 aromatic heterocycles. The van der Waals surface area contributed by atoms with E-state index in [4.69, 9.17) is 0 Å². The van der Waals surface area contributed by atoms with Crippen LogP contribution in [0.1, 0.15) is 5.56 Å². The minimum atomic E-state index is -0.454. The molecular weight excluding hydrogens is 300 g/mol. The van der Waals surface area contributed by atoms with E-state index in [2.05, 4.69) is 26.3 Å². The van der Waals surface area contributed by atoms with Crippen LogP contribution in [0, 0.1) is 10.1 Å². The van der Waals surface area contributed by atoms with Gasteiger partial charge in [-0.15, -0.1) is 0 Å². The van der Waals surface area contributed by atoms with Crippen molar-refractivity contribution in [3.63, 3.8) is 0 Å². The molecule has 0 unspecified atom stereocenters. The highest BCUT2D eigenvalue weighted by atomic mass is 79.9. The number of halogens is 1. The Morgan fingerprint density at radius 2 is 2.11 bits per heavy atom. The van der Waals surface area contributed by atoms with E-state index < -0.39 is 4.92 Å². The molecule has 0 aliphatic heterocycles. The number of nitrogens with zero attached hydrogens (tertiary/aromatic N) is 3. The van der Waals surface area contributed by atoms with Gasteiger partial charge in [-0.3, -0.25) is 10.1 Å². The monoisotopic (exact) mass is 310 g/mol. The highest BCUT2D eigenvalue weighted by Gasteiger charge is 2.24. The van der Waals surface area contributed by atoms with Crippen LogP contribution in [0.3, 0.4) is 0 Å². The summed E-state index contributed by atoms with van der Waals surface area (Å²) in [7, 11) is 1.66. The van der Waals surface area contributed by atoms with Crippen LogP contribution >= 0.6 is 15.9 Å². The van der Waals surface area contributed by atoms with Gasteiger partial charge in [-0.05, 0) is 21.5 Å². The van der Waals surface area contributed by atoms with E-state index in [0.29, 0.717) is 12.4 Å². The van der Waals surface area contributed by atoms with Crippen LogP contribution in [0.4, 0.5) is 11.5 Å². The third-order valence-corrected chi connectivity index (χ3v) is 3.00. The summed E-state index contributed by atoms with van der Waals surface area (Å²) in [6.45, 7) is 0.508. The van der Waals surface area contributed by atoms with Crippen molar-refractivity contribution in [1.29, 1.82) is 0 Å². The fraction of sp³-hybridized carbons (Fsp3) is 0.182. The fourth-order valence-corrected chi connectivity index (χ4v) is 2.19. The summed E-state index contributed by atoms with van der Waals surface area (Å²) in [6.07, 6.45) is 0. The van der Waals surface area contributed by atoms with Crippen molar-refractivity contribution in [2.24, 2.45) is 7.05 Å². The molecule has 6 nitrogen and oxygen atoms in total. The summed E-state index contributed by atoms with van der Waals surface area (Å²) in [4.78, 5) is 10.5. The quantitative estimate of drug-likeness (QED) is 0.696. The summed E-state index contributed by atoms with van der Waals surface area (Å²) in [6, 6.07) is 9.66. The van der Waals surface area contributed by atoms with Gasteiger partial charge < -0.3 is 5.32 Å². The number of nitrogens with one attached hydrogen (secondary N) is 1. The van der Waals surface area contributed by atoms with Gasteiger partial charge in [0.1, 0.15) is 0 Å². The normalized spacial score (nSPS) is 10.3. The fourth-order valence-electron chi connectivity index (χ4n) is 1.62. The number of rotatable bonds is 4. The molecule has 0 atom stereocenters. The van der Waals surface area contributed by atoms with Gasteiger partial charge in [0, 0.05) is 13.6 Å². The summed E-state index contributed by atoms with van der Waals surface area (Å²) in [5, 5.41) is 18.0. The predicted octanol–water partition coefficient (Wildman–Crippen LogP) is 2.70. The third-order valence-electron chi connectivity index (χ3n) is 2.47. The molecule has 0 aliphatic rings. The van der Waals surface area contributed by atoms with Gasteiger partial charge in [-0.25, -0.2) is 4.68 Å². The minimum Gasteiger partial charge on any atom is -0.360 e. The Kier molecular flexibility index (Phi) is 3.61. The molecule has 0 radical (unpaired) electrons. The number of hydrogen-bond acceptors (Lipinski definition) is 4. The lowest BCUT2D eigenvalue weighted by atomic mass is 10.2. The lowest BCUT2D eigenvalue weighted by Crippen LogP contribution is -2.06. The lowest BCUT2D eigenvalue weighted by molar-refractivity contribution is -0.384. The van der Waals surface area contributed by atoms with Gasteiger partial charge in [0.05, 0.1) is 4.92 Å². The molecule has 7 heteroatoms. The van der Waals surface area contributed by atoms with E-state index in [1.807, 2.05) is 30.3 Å². The van der Waals surface area contributed by atoms with Crippen molar-refractivity contribution in [2.45, 2.75) is 6.54 Å². The summed E-state index contributed by atoms with van der Waals surface area (Å²) >= 11 is 3.08. The van der Waals surface area contributed by atoms with Crippen LogP contribution in [0.25, 0.3) is 0 Å². The highest BCUT2D eigenvalue weighted by molar-refractivity contribution is 9.10. The number of aryl methyl sites for hydroxylation is 1. The van der Waals surface area contributed by atoms with Gasteiger partial charge >= 0.3 is 5.69 Å². The zero-order valence-electron chi connectivity index (χ0n) is 9.63. The maximum absolute atomic E-state index is 10.9. The second kappa shape index (κ2) is 5.18. The first-order valence-corrected chi connectivity index (χ1v) is 6.03. The molecule has 2 rings (SSSR count). The SMILES string of the molecule is Cn1nc(Br)c([N+](=O)[O-])c1NCc1ccccc1. The van der Waals surface area contributed by atoms with Crippen LogP contribution in [0.2, 0.25) is 0 Å². The molecular formula is C11H11BrN4O2. The van der Waals surface area contributed by atoms with Crippen LogP contribution in [0.5, 0.6) is 0 Å². The Morgan fingerprint density at radius 1 is 1.44 bits per heavy atom. The number of nitro groups is 1. The molecule has 18 heavy (non-hydrogen) atoms. The number of benzene rings is 1. The minimum absolute atomic E-state index is 0.0477. The molecule has 0 saturated heterocycles. The first-order valence-electron chi connectivity index (χ1n) is 5.24. The lowest BCUT2D eigenvalue weighted by Gasteiger charge is -2.05. The molecule has 0 aliphatic carbocycles. The molecule has 0 amide bonds. The van der Waals surface area contributed by atoms with Gasteiger partial charge in [0.2, 0.25) is 10.4 Å². The molecule has 2 aromatic rings. The van der Waals surface area contributed by atoms with Crippen LogP contribution < -0.4 is 5.32 Å². The van der Waals surface area contributed by atoms with Gasteiger partial charge in [-0.1, -0.05) is 30.3 Å². The molecule has 0 fully saturated rings. The van der Waals surface area contributed by atoms with E-state index in [1.54, 1.807) is 7.05 Å². The molecule has 0 bridgehead atoms. The van der Waals surface area contributed by atoms with Crippen LogP contribution in [-0.2, 0) is 13.6 Å². The Balaban J connectivity index is 2.22. The molecule has 94 valence electrons. The first-order chi connectivity index (χ1) is 8.59. The van der Waals surface area contributed by atoms with Crippen LogP contribution in [-0.4, -0.2) is 14.7 Å². The van der Waals surface area contributed by atoms with Gasteiger partial charge in [0.25, 0.3) is 0 Å². The van der Waals surface area contributed by atoms with Gasteiger partial charge in [0.15, 0.2) is 0 Å². The van der Waals surface area contributed by atoms with Crippen molar-refractivity contribution in [1.82, 2.24) is 9.78 Å². The molecule has 1 heterocycles. The largest absolute Gasteiger partial charge is 0.360 e. The van der Waals surface area contributed by atoms with Crippen LogP contribution in [0.15, 0.2) is 34.9 Å². The zero-order valence-corrected chi connectivity index (χ0v) is 11.2. The van der Waals surface area contributed by atoms with Crippen molar-refractivity contribution >= 4 is 27.4 Å². The number of hydrogen-bond donors (Lipinski definition) is 1. The van der Waals surface area contributed by atoms with Crippen molar-refractivity contribution < 1.29 is 4.92 Å². The zero-order chi connectivity index (χ0) is 13.1. The maximum atomic E-state index is 10.9. The Bertz CT molecular complexity index is 568. The number of anilines is 1. The highest BCUT2D eigenvalue weighted by Crippen LogP contribution is 2.32. The molecule has 0 spiro atoms. The Morgan fingerprint density at radius 3 is 2.72 bits per heavy atom. The standard InChI is InChI=1S/C11H11BrN4O2/c1-15-11(9(16(17)18)10(12)14-15)13-7-8-5-3-2-4-6-8/h2-6,13H,7H2,1H3. The van der Waals surface area contributed by atoms with Crippen molar-refractivity contribution in [3.8, 4) is 0 Å². The molecule has 1 N–H and O–H groups in total. The first kappa shape index (κ1) is 12.6. The summed E-state index contributed by atoms with van der Waals surface area (Å²) in [5.74, 6) is 0.385.